The molecule has 0 saturated carbocycles. The molecule has 0 spiro atoms. The van der Waals surface area contributed by atoms with E-state index in [9.17, 15) is 9.59 Å². The third kappa shape index (κ3) is 9.66. The van der Waals surface area contributed by atoms with Gasteiger partial charge in [0.1, 0.15) is 5.75 Å². The number of benzene rings is 1. The number of carbonyl (C=O) groups excluding carboxylic acids is 1. The van der Waals surface area contributed by atoms with Crippen LogP contribution in [0.1, 0.15) is 51.0 Å². The number of amides is 1. The smallest absolute Gasteiger partial charge is 0.303 e. The molecule has 132 valence electrons. The third-order valence-corrected chi connectivity index (χ3v) is 3.44. The fourth-order valence-electron chi connectivity index (χ4n) is 2.03. The average molecular weight is 333 g/mol. The van der Waals surface area contributed by atoms with E-state index in [1.165, 1.54) is 6.08 Å². The molecule has 24 heavy (non-hydrogen) atoms. The molecule has 0 aliphatic carbocycles. The van der Waals surface area contributed by atoms with E-state index in [1.54, 1.807) is 6.08 Å². The van der Waals surface area contributed by atoms with Crippen molar-refractivity contribution < 1.29 is 19.4 Å². The van der Waals surface area contributed by atoms with Crippen LogP contribution in [0.4, 0.5) is 0 Å². The predicted octanol–water partition coefficient (Wildman–Crippen LogP) is 3.64. The second-order valence-corrected chi connectivity index (χ2v) is 5.60. The largest absolute Gasteiger partial charge is 0.494 e. The van der Waals surface area contributed by atoms with E-state index in [0.29, 0.717) is 13.0 Å². The van der Waals surface area contributed by atoms with Gasteiger partial charge in [-0.3, -0.25) is 9.59 Å². The zero-order valence-electron chi connectivity index (χ0n) is 14.3. The van der Waals surface area contributed by atoms with Gasteiger partial charge in [0.05, 0.1) is 6.61 Å². The zero-order valence-corrected chi connectivity index (χ0v) is 14.3. The quantitative estimate of drug-likeness (QED) is 0.452. The number of hydrogen-bond donors (Lipinski definition) is 2. The number of ether oxygens (including phenoxy) is 1. The summed E-state index contributed by atoms with van der Waals surface area (Å²) in [6, 6.07) is 7.62. The van der Waals surface area contributed by atoms with Crippen LogP contribution < -0.4 is 10.1 Å². The van der Waals surface area contributed by atoms with Gasteiger partial charge in [0.2, 0.25) is 5.91 Å². The van der Waals surface area contributed by atoms with Gasteiger partial charge in [-0.25, -0.2) is 0 Å². The lowest BCUT2D eigenvalue weighted by atomic mass is 10.2. The highest BCUT2D eigenvalue weighted by atomic mass is 16.5. The van der Waals surface area contributed by atoms with Crippen LogP contribution in [0.25, 0.3) is 6.08 Å². The monoisotopic (exact) mass is 333 g/mol. The van der Waals surface area contributed by atoms with Crippen LogP contribution in [-0.4, -0.2) is 30.1 Å². The van der Waals surface area contributed by atoms with Crippen LogP contribution in [0.3, 0.4) is 0 Å². The Bertz CT molecular complexity index is 523. The fraction of sp³-hybridized carbons (Fsp3) is 0.474. The molecule has 1 aromatic carbocycles. The molecule has 1 rings (SSSR count). The third-order valence-electron chi connectivity index (χ3n) is 3.44. The van der Waals surface area contributed by atoms with Crippen LogP contribution in [0.15, 0.2) is 30.3 Å². The number of aliphatic carboxylic acids is 1. The second-order valence-electron chi connectivity index (χ2n) is 5.60. The molecule has 0 atom stereocenters. The molecular weight excluding hydrogens is 306 g/mol. The molecule has 5 heteroatoms. The molecule has 2 N–H and O–H groups in total. The number of nitrogens with one attached hydrogen (secondary N) is 1. The van der Waals surface area contributed by atoms with Crippen molar-refractivity contribution in [1.82, 2.24) is 5.32 Å². The molecule has 0 heterocycles. The van der Waals surface area contributed by atoms with E-state index in [0.717, 1.165) is 43.6 Å². The highest BCUT2D eigenvalue weighted by Crippen LogP contribution is 2.13. The van der Waals surface area contributed by atoms with E-state index in [1.807, 2.05) is 24.3 Å². The van der Waals surface area contributed by atoms with Crippen molar-refractivity contribution >= 4 is 18.0 Å². The van der Waals surface area contributed by atoms with E-state index in [-0.39, 0.29) is 12.3 Å². The zero-order chi connectivity index (χ0) is 17.6. The van der Waals surface area contributed by atoms with E-state index >= 15 is 0 Å². The molecule has 0 unspecified atom stereocenters. The van der Waals surface area contributed by atoms with Crippen molar-refractivity contribution in [1.29, 1.82) is 0 Å². The molecule has 0 aliphatic heterocycles. The highest BCUT2D eigenvalue weighted by Gasteiger charge is 1.98. The van der Waals surface area contributed by atoms with Gasteiger partial charge in [-0.15, -0.1) is 0 Å². The minimum atomic E-state index is -0.774. The topological polar surface area (TPSA) is 75.6 Å². The lowest BCUT2D eigenvalue weighted by Gasteiger charge is -2.05. The first kappa shape index (κ1) is 19.7. The van der Waals surface area contributed by atoms with Crippen molar-refractivity contribution in [3.05, 3.63) is 35.9 Å². The summed E-state index contributed by atoms with van der Waals surface area (Å²) in [6.45, 7) is 3.41. The van der Waals surface area contributed by atoms with E-state index in [4.69, 9.17) is 9.84 Å². The van der Waals surface area contributed by atoms with Gasteiger partial charge in [-0.05, 0) is 43.0 Å². The molecule has 0 aliphatic rings. The van der Waals surface area contributed by atoms with Crippen LogP contribution in [-0.2, 0) is 9.59 Å². The van der Waals surface area contributed by atoms with E-state index in [2.05, 4.69) is 12.2 Å². The Balaban J connectivity index is 2.22. The van der Waals surface area contributed by atoms with Crippen molar-refractivity contribution in [3.8, 4) is 5.75 Å². The first-order valence-corrected chi connectivity index (χ1v) is 8.52. The molecule has 0 fully saturated rings. The summed E-state index contributed by atoms with van der Waals surface area (Å²) in [5.41, 5.74) is 0.939. The number of hydrogen-bond acceptors (Lipinski definition) is 3. The van der Waals surface area contributed by atoms with Crippen LogP contribution >= 0.6 is 0 Å². The Morgan fingerprint density at radius 3 is 2.54 bits per heavy atom. The lowest BCUT2D eigenvalue weighted by molar-refractivity contribution is -0.137. The maximum Gasteiger partial charge on any atom is 0.303 e. The number of rotatable bonds is 12. The van der Waals surface area contributed by atoms with Crippen molar-refractivity contribution in [2.45, 2.75) is 45.4 Å². The molecule has 0 radical (unpaired) electrons. The summed E-state index contributed by atoms with van der Waals surface area (Å²) in [4.78, 5) is 22.0. The van der Waals surface area contributed by atoms with Crippen molar-refractivity contribution in [2.24, 2.45) is 0 Å². The number of carboxylic acid groups (broad SMARTS) is 1. The van der Waals surface area contributed by atoms with Gasteiger partial charge < -0.3 is 15.2 Å². The van der Waals surface area contributed by atoms with Gasteiger partial charge in [0.15, 0.2) is 0 Å². The molecule has 0 saturated heterocycles. The average Bonchev–Trinajstić information content (AvgIpc) is 2.57. The first-order valence-electron chi connectivity index (χ1n) is 8.52. The van der Waals surface area contributed by atoms with E-state index < -0.39 is 5.97 Å². The van der Waals surface area contributed by atoms with Crippen molar-refractivity contribution in [3.63, 3.8) is 0 Å². The fourth-order valence-corrected chi connectivity index (χ4v) is 2.03. The minimum Gasteiger partial charge on any atom is -0.494 e. The summed E-state index contributed by atoms with van der Waals surface area (Å²) in [5.74, 6) is -0.0772. The summed E-state index contributed by atoms with van der Waals surface area (Å²) < 4.78 is 5.59. The number of carbonyl (C=O) groups is 2. The van der Waals surface area contributed by atoms with Gasteiger partial charge in [0, 0.05) is 19.0 Å². The molecule has 1 aromatic rings. The Morgan fingerprint density at radius 1 is 1.12 bits per heavy atom. The Labute approximate surface area is 143 Å². The van der Waals surface area contributed by atoms with Gasteiger partial charge in [-0.1, -0.05) is 31.9 Å². The molecule has 1 amide bonds. The first-order chi connectivity index (χ1) is 11.6. The number of unbranched alkanes of at least 4 members (excludes halogenated alkanes) is 3. The molecule has 0 bridgehead atoms. The molecular formula is C19H27NO4. The SMILES string of the molecule is CCCCOc1ccc(/C=C/C(=O)NCCCCCC(=O)O)cc1. The normalized spacial score (nSPS) is 10.7. The summed E-state index contributed by atoms with van der Waals surface area (Å²) >= 11 is 0. The minimum absolute atomic E-state index is 0.142. The van der Waals surface area contributed by atoms with Gasteiger partial charge >= 0.3 is 5.97 Å². The lowest BCUT2D eigenvalue weighted by Crippen LogP contribution is -2.22. The van der Waals surface area contributed by atoms with Crippen LogP contribution in [0.2, 0.25) is 0 Å². The number of carboxylic acids is 1. The molecule has 0 aromatic heterocycles. The predicted molar refractivity (Wildman–Crippen MR) is 95.0 cm³/mol. The molecule has 5 nitrogen and oxygen atoms in total. The maximum atomic E-state index is 11.7. The van der Waals surface area contributed by atoms with Crippen LogP contribution in [0.5, 0.6) is 5.75 Å². The maximum absolute atomic E-state index is 11.7. The summed E-state index contributed by atoms with van der Waals surface area (Å²) in [7, 11) is 0. The van der Waals surface area contributed by atoms with Crippen LogP contribution in [0, 0.1) is 0 Å². The highest BCUT2D eigenvalue weighted by molar-refractivity contribution is 5.91. The summed E-state index contributed by atoms with van der Waals surface area (Å²) in [5, 5.41) is 11.3. The second kappa shape index (κ2) is 12.2. The van der Waals surface area contributed by atoms with Gasteiger partial charge in [-0.2, -0.15) is 0 Å². The Kier molecular flexibility index (Phi) is 10.0. The summed E-state index contributed by atoms with van der Waals surface area (Å²) in [6.07, 6.45) is 7.83. The standard InChI is InChI=1S/C19H27NO4/c1-2-3-15-24-17-11-8-16(9-12-17)10-13-18(21)20-14-6-4-5-7-19(22)23/h8-13H,2-7,14-15H2,1H3,(H,20,21)(H,22,23)/b13-10+. The van der Waals surface area contributed by atoms with Gasteiger partial charge in [0.25, 0.3) is 0 Å². The Hall–Kier alpha value is -2.30. The van der Waals surface area contributed by atoms with Crippen molar-refractivity contribution in [2.75, 3.05) is 13.2 Å². The Morgan fingerprint density at radius 2 is 1.88 bits per heavy atom.